The van der Waals surface area contributed by atoms with Crippen molar-refractivity contribution in [2.24, 2.45) is 4.99 Å². The number of rotatable bonds is 1. The van der Waals surface area contributed by atoms with E-state index in [9.17, 15) is 4.39 Å². The molecule has 0 unspecified atom stereocenters. The van der Waals surface area contributed by atoms with Crippen molar-refractivity contribution in [3.05, 3.63) is 23.8 Å². The third-order valence-electron chi connectivity index (χ3n) is 1.14. The Bertz CT molecular complexity index is 318. The first-order valence-electron chi connectivity index (χ1n) is 2.94. The number of hydrogen-bond donors (Lipinski definition) is 0. The molecule has 4 heteroatoms. The van der Waals surface area contributed by atoms with Crippen LogP contribution in [0.3, 0.4) is 0 Å². The smallest absolute Gasteiger partial charge is 0.153 e. The van der Waals surface area contributed by atoms with Crippen molar-refractivity contribution >= 4 is 23.1 Å². The quantitative estimate of drug-likeness (QED) is 0.474. The largest absolute Gasteiger partial charge is 0.259 e. The minimum absolute atomic E-state index is 0.130. The van der Waals surface area contributed by atoms with Crippen LogP contribution in [-0.4, -0.2) is 10.1 Å². The maximum Gasteiger partial charge on any atom is 0.153 e. The summed E-state index contributed by atoms with van der Waals surface area (Å²) < 4.78 is 12.8. The maximum atomic E-state index is 12.8. The highest BCUT2D eigenvalue weighted by Crippen LogP contribution is 2.15. The highest BCUT2D eigenvalue weighted by Gasteiger charge is 1.99. The highest BCUT2D eigenvalue weighted by molar-refractivity contribution is 7.78. The molecule has 0 saturated carbocycles. The first-order valence-corrected chi connectivity index (χ1v) is 3.35. The van der Waals surface area contributed by atoms with Crippen molar-refractivity contribution < 1.29 is 4.39 Å². The molecule has 11 heavy (non-hydrogen) atoms. The van der Waals surface area contributed by atoms with Crippen LogP contribution in [0.2, 0.25) is 0 Å². The van der Waals surface area contributed by atoms with E-state index in [1.165, 1.54) is 12.3 Å². The Hall–Kier alpha value is -1.12. The van der Waals surface area contributed by atoms with Crippen LogP contribution in [-0.2, 0) is 0 Å². The zero-order valence-corrected chi connectivity index (χ0v) is 6.65. The Labute approximate surface area is 68.8 Å². The molecule has 2 nitrogen and oxygen atoms in total. The van der Waals surface area contributed by atoms with Gasteiger partial charge < -0.3 is 0 Å². The molecule has 0 amide bonds. The van der Waals surface area contributed by atoms with Crippen molar-refractivity contribution in [3.8, 4) is 0 Å². The lowest BCUT2D eigenvalue weighted by molar-refractivity contribution is 0.626. The Kier molecular flexibility index (Phi) is 2.41. The van der Waals surface area contributed by atoms with Crippen molar-refractivity contribution in [2.45, 2.75) is 6.92 Å². The van der Waals surface area contributed by atoms with Crippen molar-refractivity contribution in [3.63, 3.8) is 0 Å². The van der Waals surface area contributed by atoms with E-state index in [0.29, 0.717) is 5.69 Å². The molecule has 0 N–H and O–H groups in total. The van der Waals surface area contributed by atoms with Gasteiger partial charge >= 0.3 is 0 Å². The lowest BCUT2D eigenvalue weighted by Crippen LogP contribution is -1.82. The molecule has 1 rings (SSSR count). The van der Waals surface area contributed by atoms with Crippen LogP contribution in [0.4, 0.5) is 10.1 Å². The molecule has 1 aromatic rings. The van der Waals surface area contributed by atoms with Gasteiger partial charge in [-0.2, -0.15) is 4.99 Å². The van der Waals surface area contributed by atoms with E-state index >= 15 is 0 Å². The number of aryl methyl sites for hydroxylation is 1. The topological polar surface area (TPSA) is 25.2 Å². The van der Waals surface area contributed by atoms with E-state index in [0.717, 1.165) is 0 Å². The Morgan fingerprint density at radius 3 is 3.00 bits per heavy atom. The normalized spacial score (nSPS) is 8.91. The first kappa shape index (κ1) is 7.98. The molecule has 0 aliphatic rings. The molecule has 56 valence electrons. The van der Waals surface area contributed by atoms with E-state index in [4.69, 9.17) is 0 Å². The highest BCUT2D eigenvalue weighted by atomic mass is 32.1. The second-order valence-electron chi connectivity index (χ2n) is 1.98. The zero-order chi connectivity index (χ0) is 8.27. The van der Waals surface area contributed by atoms with Crippen LogP contribution in [0.1, 0.15) is 5.69 Å². The molecule has 0 atom stereocenters. The van der Waals surface area contributed by atoms with Crippen molar-refractivity contribution in [2.75, 3.05) is 0 Å². The lowest BCUT2D eigenvalue weighted by Gasteiger charge is -1.93. The second kappa shape index (κ2) is 3.32. The van der Waals surface area contributed by atoms with E-state index in [-0.39, 0.29) is 5.69 Å². The zero-order valence-electron chi connectivity index (χ0n) is 5.84. The van der Waals surface area contributed by atoms with Gasteiger partial charge in [-0.05, 0) is 25.2 Å². The fourth-order valence-electron chi connectivity index (χ4n) is 0.651. The molecule has 0 aromatic carbocycles. The Balaban J connectivity index is 3.19. The number of hydrogen-bond acceptors (Lipinski definition) is 3. The summed E-state index contributed by atoms with van der Waals surface area (Å²) in [5.41, 5.74) is 0.747. The summed E-state index contributed by atoms with van der Waals surface area (Å²) in [5.74, 6) is -0.421. The van der Waals surface area contributed by atoms with Gasteiger partial charge in [0, 0.05) is 5.69 Å². The molecular formula is C7H5FN2S. The van der Waals surface area contributed by atoms with Gasteiger partial charge in [-0.1, -0.05) is 0 Å². The van der Waals surface area contributed by atoms with Gasteiger partial charge in [-0.3, -0.25) is 4.98 Å². The summed E-state index contributed by atoms with van der Waals surface area (Å²) in [6.07, 6.45) is 1.32. The molecule has 0 saturated heterocycles. The standard InChI is InChI=1S/C7H5FN2S/c1-5-2-6(8)7(3-9-5)10-4-11/h2-3H,1H3. The van der Waals surface area contributed by atoms with Gasteiger partial charge in [-0.25, -0.2) is 4.39 Å². The van der Waals surface area contributed by atoms with E-state index in [2.05, 4.69) is 27.4 Å². The van der Waals surface area contributed by atoms with Gasteiger partial charge in [0.15, 0.2) is 5.82 Å². The van der Waals surface area contributed by atoms with E-state index in [1.807, 2.05) is 0 Å². The van der Waals surface area contributed by atoms with Crippen LogP contribution in [0.25, 0.3) is 0 Å². The molecule has 1 aromatic heterocycles. The van der Waals surface area contributed by atoms with E-state index < -0.39 is 5.82 Å². The van der Waals surface area contributed by atoms with Gasteiger partial charge in [0.1, 0.15) is 5.69 Å². The van der Waals surface area contributed by atoms with Crippen LogP contribution in [0.5, 0.6) is 0 Å². The number of aromatic nitrogens is 1. The summed E-state index contributed by atoms with van der Waals surface area (Å²) in [6.45, 7) is 1.70. The average molecular weight is 168 g/mol. The van der Waals surface area contributed by atoms with Crippen LogP contribution in [0.15, 0.2) is 17.3 Å². The number of aliphatic imine (C=N–C) groups is 1. The van der Waals surface area contributed by atoms with Crippen LogP contribution < -0.4 is 0 Å². The summed E-state index contributed by atoms with van der Waals surface area (Å²) in [4.78, 5) is 7.31. The SMILES string of the molecule is Cc1cc(F)c(N=C=S)cn1. The minimum Gasteiger partial charge on any atom is -0.259 e. The van der Waals surface area contributed by atoms with Gasteiger partial charge in [-0.15, -0.1) is 0 Å². The monoisotopic (exact) mass is 168 g/mol. The molecule has 0 fully saturated rings. The van der Waals surface area contributed by atoms with Crippen LogP contribution >= 0.6 is 12.2 Å². The summed E-state index contributed by atoms with van der Waals surface area (Å²) in [5, 5.41) is 2.07. The fourth-order valence-corrected chi connectivity index (χ4v) is 0.749. The van der Waals surface area contributed by atoms with Gasteiger partial charge in [0.25, 0.3) is 0 Å². The molecular weight excluding hydrogens is 163 g/mol. The summed E-state index contributed by atoms with van der Waals surface area (Å²) in [6, 6.07) is 1.30. The number of halogens is 1. The fraction of sp³-hybridized carbons (Fsp3) is 0.143. The number of nitrogens with zero attached hydrogens (tertiary/aromatic N) is 2. The molecule has 0 aliphatic carbocycles. The maximum absolute atomic E-state index is 12.8. The number of pyridine rings is 1. The summed E-state index contributed by atoms with van der Waals surface area (Å²) >= 11 is 4.32. The van der Waals surface area contributed by atoms with Gasteiger partial charge in [0.05, 0.1) is 11.4 Å². The molecule has 0 bridgehead atoms. The molecule has 0 spiro atoms. The molecule has 0 radical (unpaired) electrons. The third kappa shape index (κ3) is 1.90. The predicted molar refractivity (Wildman–Crippen MR) is 43.6 cm³/mol. The average Bonchev–Trinajstić information content (AvgIpc) is 1.95. The lowest BCUT2D eigenvalue weighted by atomic mass is 10.3. The Morgan fingerprint density at radius 2 is 2.45 bits per heavy atom. The number of isothiocyanates is 1. The third-order valence-corrected chi connectivity index (χ3v) is 1.23. The Morgan fingerprint density at radius 1 is 1.73 bits per heavy atom. The summed E-state index contributed by atoms with van der Waals surface area (Å²) in [7, 11) is 0. The second-order valence-corrected chi connectivity index (χ2v) is 2.16. The predicted octanol–water partition coefficient (Wildman–Crippen LogP) is 2.26. The van der Waals surface area contributed by atoms with Gasteiger partial charge in [0.2, 0.25) is 0 Å². The van der Waals surface area contributed by atoms with E-state index in [1.54, 1.807) is 6.92 Å². The van der Waals surface area contributed by atoms with Crippen molar-refractivity contribution in [1.29, 1.82) is 0 Å². The van der Waals surface area contributed by atoms with Crippen LogP contribution in [0, 0.1) is 12.7 Å². The van der Waals surface area contributed by atoms with Crippen molar-refractivity contribution in [1.82, 2.24) is 4.98 Å². The molecule has 0 aliphatic heterocycles. The molecule has 1 heterocycles. The first-order chi connectivity index (χ1) is 5.24. The number of thiocarbonyl (C=S) groups is 1. The minimum atomic E-state index is -0.421.